The molecule has 0 fully saturated rings. The summed E-state index contributed by atoms with van der Waals surface area (Å²) in [6, 6.07) is 0. The molecule has 2 unspecified atom stereocenters. The molecule has 5 heteroatoms. The van der Waals surface area contributed by atoms with Crippen molar-refractivity contribution in [2.45, 2.75) is 38.2 Å². The summed E-state index contributed by atoms with van der Waals surface area (Å²) in [5, 5.41) is 7.80. The van der Waals surface area contributed by atoms with Gasteiger partial charge in [0.15, 0.2) is 0 Å². The smallest absolute Gasteiger partial charge is 0.334 e. The summed E-state index contributed by atoms with van der Waals surface area (Å²) in [5.74, 6) is 0. The van der Waals surface area contributed by atoms with Crippen molar-refractivity contribution in [2.75, 3.05) is 0 Å². The highest BCUT2D eigenvalue weighted by Gasteiger charge is 2.50. The quantitative estimate of drug-likeness (QED) is 0.649. The molecule has 0 saturated carbocycles. The van der Waals surface area contributed by atoms with Crippen LogP contribution in [0.3, 0.4) is 0 Å². The zero-order chi connectivity index (χ0) is 9.28. The molecule has 0 rings (SSSR count). The standard InChI is InChI=1S/C6H10F4O/c1-3-5(2,8)4(7)6(9,10)11/h4,11H,3H2,1-2H3. The van der Waals surface area contributed by atoms with Crippen LogP contribution in [0.5, 0.6) is 0 Å². The van der Waals surface area contributed by atoms with Crippen molar-refractivity contribution in [1.29, 1.82) is 0 Å². The van der Waals surface area contributed by atoms with E-state index in [1.807, 2.05) is 0 Å². The van der Waals surface area contributed by atoms with Gasteiger partial charge in [-0.25, -0.2) is 8.78 Å². The SMILES string of the molecule is CCC(C)(F)C(F)C(O)(F)F. The van der Waals surface area contributed by atoms with Crippen LogP contribution in [0.15, 0.2) is 0 Å². The van der Waals surface area contributed by atoms with E-state index in [2.05, 4.69) is 0 Å². The van der Waals surface area contributed by atoms with Crippen LogP contribution in [0.4, 0.5) is 17.6 Å². The summed E-state index contributed by atoms with van der Waals surface area (Å²) < 4.78 is 48.5. The minimum absolute atomic E-state index is 0.412. The van der Waals surface area contributed by atoms with Gasteiger partial charge in [-0.2, -0.15) is 8.78 Å². The minimum atomic E-state index is -4.60. The van der Waals surface area contributed by atoms with Crippen LogP contribution in [0.2, 0.25) is 0 Å². The Morgan fingerprint density at radius 3 is 1.82 bits per heavy atom. The Bertz CT molecular complexity index is 129. The number of aliphatic hydroxyl groups is 1. The number of rotatable bonds is 3. The molecule has 1 nitrogen and oxygen atoms in total. The van der Waals surface area contributed by atoms with Gasteiger partial charge in [0.2, 0.25) is 6.17 Å². The number of halogens is 4. The Hall–Kier alpha value is -0.320. The maximum atomic E-state index is 12.7. The van der Waals surface area contributed by atoms with Gasteiger partial charge in [0, 0.05) is 0 Å². The summed E-state index contributed by atoms with van der Waals surface area (Å²) in [5.41, 5.74) is -2.68. The van der Waals surface area contributed by atoms with Gasteiger partial charge in [-0.1, -0.05) is 6.92 Å². The average Bonchev–Trinajstić information content (AvgIpc) is 1.84. The molecule has 0 aliphatic carbocycles. The topological polar surface area (TPSA) is 20.2 Å². The van der Waals surface area contributed by atoms with E-state index in [1.165, 1.54) is 6.92 Å². The molecular weight excluding hydrogens is 164 g/mol. The van der Waals surface area contributed by atoms with Gasteiger partial charge < -0.3 is 5.11 Å². The fourth-order valence-electron chi connectivity index (χ4n) is 0.541. The van der Waals surface area contributed by atoms with Crippen molar-refractivity contribution in [2.24, 2.45) is 0 Å². The largest absolute Gasteiger partial charge is 0.387 e. The van der Waals surface area contributed by atoms with Gasteiger partial charge in [0.05, 0.1) is 0 Å². The van der Waals surface area contributed by atoms with Crippen molar-refractivity contribution in [3.8, 4) is 0 Å². The highest BCUT2D eigenvalue weighted by atomic mass is 19.3. The first-order valence-electron chi connectivity index (χ1n) is 3.15. The summed E-state index contributed by atoms with van der Waals surface area (Å²) in [6.07, 6.45) is -8.18. The van der Waals surface area contributed by atoms with Gasteiger partial charge in [-0.3, -0.25) is 0 Å². The van der Waals surface area contributed by atoms with Crippen LogP contribution in [0.25, 0.3) is 0 Å². The number of hydrogen-bond acceptors (Lipinski definition) is 1. The van der Waals surface area contributed by atoms with Gasteiger partial charge in [-0.05, 0) is 13.3 Å². The normalized spacial score (nSPS) is 21.0. The summed E-state index contributed by atoms with van der Waals surface area (Å²) in [6.45, 7) is 1.90. The zero-order valence-electron chi connectivity index (χ0n) is 6.24. The fraction of sp³-hybridized carbons (Fsp3) is 1.00. The van der Waals surface area contributed by atoms with Crippen LogP contribution >= 0.6 is 0 Å². The van der Waals surface area contributed by atoms with Gasteiger partial charge in [-0.15, -0.1) is 0 Å². The second kappa shape index (κ2) is 2.97. The lowest BCUT2D eigenvalue weighted by atomic mass is 9.99. The highest BCUT2D eigenvalue weighted by molar-refractivity contribution is 4.85. The van der Waals surface area contributed by atoms with E-state index in [-0.39, 0.29) is 0 Å². The lowest BCUT2D eigenvalue weighted by molar-refractivity contribution is -0.265. The van der Waals surface area contributed by atoms with E-state index in [4.69, 9.17) is 5.11 Å². The summed E-state index contributed by atoms with van der Waals surface area (Å²) in [4.78, 5) is 0. The predicted octanol–water partition coefficient (Wildman–Crippen LogP) is 2.05. The molecule has 0 bridgehead atoms. The lowest BCUT2D eigenvalue weighted by Gasteiger charge is -2.25. The van der Waals surface area contributed by atoms with Crippen molar-refractivity contribution < 1.29 is 22.7 Å². The molecule has 0 radical (unpaired) electrons. The van der Waals surface area contributed by atoms with Gasteiger partial charge in [0.1, 0.15) is 5.67 Å². The molecule has 0 aromatic rings. The minimum Gasteiger partial charge on any atom is -0.334 e. The van der Waals surface area contributed by atoms with E-state index < -0.39 is 24.4 Å². The molecule has 2 atom stereocenters. The first-order valence-corrected chi connectivity index (χ1v) is 3.15. The Balaban J connectivity index is 4.35. The Kier molecular flexibility index (Phi) is 2.88. The van der Waals surface area contributed by atoms with Crippen LogP contribution < -0.4 is 0 Å². The highest BCUT2D eigenvalue weighted by Crippen LogP contribution is 2.32. The third kappa shape index (κ3) is 2.65. The predicted molar refractivity (Wildman–Crippen MR) is 31.9 cm³/mol. The first-order chi connectivity index (χ1) is 4.72. The van der Waals surface area contributed by atoms with Crippen LogP contribution in [0, 0.1) is 0 Å². The second-order valence-corrected chi connectivity index (χ2v) is 2.58. The molecule has 0 aliphatic heterocycles. The molecule has 1 N–H and O–H groups in total. The molecule has 0 amide bonds. The molecular formula is C6H10F4O. The van der Waals surface area contributed by atoms with Crippen LogP contribution in [0.1, 0.15) is 20.3 Å². The maximum absolute atomic E-state index is 12.7. The molecule has 0 aliphatic rings. The fourth-order valence-corrected chi connectivity index (χ4v) is 0.541. The van der Waals surface area contributed by atoms with E-state index in [1.54, 1.807) is 0 Å². The van der Waals surface area contributed by atoms with E-state index in [0.29, 0.717) is 6.92 Å². The summed E-state index contributed by atoms with van der Waals surface area (Å²) in [7, 11) is 0. The first kappa shape index (κ1) is 10.7. The number of alkyl halides is 4. The third-order valence-corrected chi connectivity index (χ3v) is 1.52. The van der Waals surface area contributed by atoms with Crippen molar-refractivity contribution in [3.63, 3.8) is 0 Å². The van der Waals surface area contributed by atoms with E-state index in [9.17, 15) is 17.6 Å². The third-order valence-electron chi connectivity index (χ3n) is 1.52. The molecule has 68 valence electrons. The van der Waals surface area contributed by atoms with Crippen molar-refractivity contribution in [3.05, 3.63) is 0 Å². The molecule has 0 aromatic heterocycles. The number of hydrogen-bond donors (Lipinski definition) is 1. The van der Waals surface area contributed by atoms with E-state index in [0.717, 1.165) is 0 Å². The second-order valence-electron chi connectivity index (χ2n) is 2.58. The Labute approximate surface area is 62.0 Å². The molecule has 0 aromatic carbocycles. The monoisotopic (exact) mass is 174 g/mol. The van der Waals surface area contributed by atoms with E-state index >= 15 is 0 Å². The molecule has 0 saturated heterocycles. The van der Waals surface area contributed by atoms with Crippen LogP contribution in [-0.2, 0) is 0 Å². The Morgan fingerprint density at radius 2 is 1.73 bits per heavy atom. The molecule has 0 heterocycles. The van der Waals surface area contributed by atoms with Crippen LogP contribution in [-0.4, -0.2) is 23.1 Å². The van der Waals surface area contributed by atoms with Crippen molar-refractivity contribution in [1.82, 2.24) is 0 Å². The van der Waals surface area contributed by atoms with Gasteiger partial charge >= 0.3 is 6.11 Å². The maximum Gasteiger partial charge on any atom is 0.387 e. The lowest BCUT2D eigenvalue weighted by Crippen LogP contribution is -2.44. The zero-order valence-corrected chi connectivity index (χ0v) is 6.24. The average molecular weight is 174 g/mol. The molecule has 11 heavy (non-hydrogen) atoms. The van der Waals surface area contributed by atoms with Crippen molar-refractivity contribution >= 4 is 0 Å². The van der Waals surface area contributed by atoms with Gasteiger partial charge in [0.25, 0.3) is 0 Å². The summed E-state index contributed by atoms with van der Waals surface area (Å²) >= 11 is 0. The Morgan fingerprint density at radius 1 is 1.36 bits per heavy atom. The molecule has 0 spiro atoms.